The van der Waals surface area contributed by atoms with Crippen LogP contribution in [0.5, 0.6) is 0 Å². The van der Waals surface area contributed by atoms with E-state index in [9.17, 15) is 4.79 Å². The second-order valence-electron chi connectivity index (χ2n) is 5.56. The van der Waals surface area contributed by atoms with Crippen LogP contribution < -0.4 is 16.6 Å². The summed E-state index contributed by atoms with van der Waals surface area (Å²) in [6, 6.07) is 0. The van der Waals surface area contributed by atoms with E-state index in [0.717, 1.165) is 26.1 Å². The highest BCUT2D eigenvalue weighted by Crippen LogP contribution is 2.17. The predicted octanol–water partition coefficient (Wildman–Crippen LogP) is 1.04. The van der Waals surface area contributed by atoms with Crippen LogP contribution in [0.2, 0.25) is 0 Å². The average molecular weight is 293 g/mol. The summed E-state index contributed by atoms with van der Waals surface area (Å²) >= 11 is 0. The van der Waals surface area contributed by atoms with Crippen LogP contribution in [0.25, 0.3) is 0 Å². The minimum absolute atomic E-state index is 0.152. The quantitative estimate of drug-likeness (QED) is 0.535. The first-order valence-corrected chi connectivity index (χ1v) is 7.31. The van der Waals surface area contributed by atoms with Crippen molar-refractivity contribution in [1.29, 1.82) is 0 Å². The standard InChI is InChI=1S/C14H23N5O2/c1-9(2)13-17-7-11(19-15)12(18-13)14(20)16-5-3-10-4-6-21-8-10/h7,9-10,19H,3-6,8,15H2,1-2H3,(H,16,20). The molecule has 2 heterocycles. The first-order valence-electron chi connectivity index (χ1n) is 7.31. The molecule has 1 amide bonds. The molecule has 1 aliphatic heterocycles. The molecule has 2 rings (SSSR count). The number of nitrogens with one attached hydrogen (secondary N) is 2. The van der Waals surface area contributed by atoms with Crippen LogP contribution in [0.1, 0.15) is 48.9 Å². The molecule has 7 nitrogen and oxygen atoms in total. The number of hydrazine groups is 1. The molecule has 0 saturated carbocycles. The Bertz CT molecular complexity index is 486. The molecular formula is C14H23N5O2. The van der Waals surface area contributed by atoms with E-state index in [1.807, 2.05) is 13.8 Å². The van der Waals surface area contributed by atoms with Gasteiger partial charge >= 0.3 is 0 Å². The molecule has 1 fully saturated rings. The SMILES string of the molecule is CC(C)c1ncc(NN)c(C(=O)NCCC2CCOC2)n1. The summed E-state index contributed by atoms with van der Waals surface area (Å²) in [6.45, 7) is 6.18. The van der Waals surface area contributed by atoms with Gasteiger partial charge in [0.1, 0.15) is 5.82 Å². The van der Waals surface area contributed by atoms with E-state index in [0.29, 0.717) is 29.7 Å². The van der Waals surface area contributed by atoms with E-state index in [1.54, 1.807) is 6.20 Å². The maximum atomic E-state index is 12.2. The highest BCUT2D eigenvalue weighted by molar-refractivity contribution is 5.97. The predicted molar refractivity (Wildman–Crippen MR) is 79.8 cm³/mol. The van der Waals surface area contributed by atoms with Crippen molar-refractivity contribution in [3.63, 3.8) is 0 Å². The highest BCUT2D eigenvalue weighted by Gasteiger charge is 2.18. The van der Waals surface area contributed by atoms with Gasteiger partial charge in [0.25, 0.3) is 5.91 Å². The van der Waals surface area contributed by atoms with Crippen molar-refractivity contribution in [2.24, 2.45) is 11.8 Å². The zero-order valence-electron chi connectivity index (χ0n) is 12.6. The van der Waals surface area contributed by atoms with E-state index in [-0.39, 0.29) is 11.8 Å². The van der Waals surface area contributed by atoms with Gasteiger partial charge in [0.15, 0.2) is 5.69 Å². The Morgan fingerprint density at radius 1 is 1.57 bits per heavy atom. The van der Waals surface area contributed by atoms with Gasteiger partial charge in [-0.15, -0.1) is 0 Å². The number of anilines is 1. The monoisotopic (exact) mass is 293 g/mol. The maximum absolute atomic E-state index is 12.2. The van der Waals surface area contributed by atoms with E-state index in [2.05, 4.69) is 20.7 Å². The summed E-state index contributed by atoms with van der Waals surface area (Å²) in [5.74, 6) is 6.50. The summed E-state index contributed by atoms with van der Waals surface area (Å²) < 4.78 is 5.32. The number of nitrogens with zero attached hydrogens (tertiary/aromatic N) is 2. The van der Waals surface area contributed by atoms with Crippen molar-refractivity contribution in [1.82, 2.24) is 15.3 Å². The minimum atomic E-state index is -0.230. The number of amides is 1. The smallest absolute Gasteiger partial charge is 0.272 e. The lowest BCUT2D eigenvalue weighted by molar-refractivity contribution is 0.0946. The van der Waals surface area contributed by atoms with Gasteiger partial charge < -0.3 is 15.5 Å². The van der Waals surface area contributed by atoms with Crippen molar-refractivity contribution in [3.05, 3.63) is 17.7 Å². The molecule has 0 spiro atoms. The molecule has 0 aromatic carbocycles. The number of hydrogen-bond acceptors (Lipinski definition) is 6. The van der Waals surface area contributed by atoms with Crippen molar-refractivity contribution < 1.29 is 9.53 Å². The van der Waals surface area contributed by atoms with Crippen LogP contribution in [-0.4, -0.2) is 35.6 Å². The number of aromatic nitrogens is 2. The Hall–Kier alpha value is -1.73. The van der Waals surface area contributed by atoms with Gasteiger partial charge in [-0.3, -0.25) is 10.6 Å². The summed E-state index contributed by atoms with van der Waals surface area (Å²) in [4.78, 5) is 20.7. The first-order chi connectivity index (χ1) is 10.1. The molecular weight excluding hydrogens is 270 g/mol. The summed E-state index contributed by atoms with van der Waals surface area (Å²) in [7, 11) is 0. The summed E-state index contributed by atoms with van der Waals surface area (Å²) in [6.07, 6.45) is 3.53. The topological polar surface area (TPSA) is 102 Å². The molecule has 1 aliphatic rings. The lowest BCUT2D eigenvalue weighted by atomic mass is 10.1. The Kier molecular flexibility index (Phi) is 5.46. The Morgan fingerprint density at radius 3 is 3.00 bits per heavy atom. The minimum Gasteiger partial charge on any atom is -0.381 e. The van der Waals surface area contributed by atoms with Gasteiger partial charge in [-0.1, -0.05) is 13.8 Å². The van der Waals surface area contributed by atoms with Crippen LogP contribution in [-0.2, 0) is 4.74 Å². The molecule has 1 atom stereocenters. The number of nitrogens with two attached hydrogens (primary N) is 1. The van der Waals surface area contributed by atoms with E-state index >= 15 is 0 Å². The third-order valence-corrected chi connectivity index (χ3v) is 3.56. The average Bonchev–Trinajstić information content (AvgIpc) is 2.99. The van der Waals surface area contributed by atoms with Crippen molar-refractivity contribution in [2.45, 2.75) is 32.6 Å². The number of carbonyl (C=O) groups is 1. The van der Waals surface area contributed by atoms with E-state index < -0.39 is 0 Å². The second-order valence-corrected chi connectivity index (χ2v) is 5.56. The van der Waals surface area contributed by atoms with Crippen molar-refractivity contribution >= 4 is 11.6 Å². The Labute approximate surface area is 124 Å². The fraction of sp³-hybridized carbons (Fsp3) is 0.643. The Balaban J connectivity index is 1.97. The molecule has 1 aromatic heterocycles. The van der Waals surface area contributed by atoms with Crippen molar-refractivity contribution in [2.75, 3.05) is 25.2 Å². The van der Waals surface area contributed by atoms with Gasteiger partial charge in [0, 0.05) is 25.7 Å². The number of ether oxygens (including phenoxy) is 1. The van der Waals surface area contributed by atoms with Crippen molar-refractivity contribution in [3.8, 4) is 0 Å². The van der Waals surface area contributed by atoms with Gasteiger partial charge in [0.05, 0.1) is 11.9 Å². The fourth-order valence-electron chi connectivity index (χ4n) is 2.24. The van der Waals surface area contributed by atoms with Crippen LogP contribution >= 0.6 is 0 Å². The molecule has 21 heavy (non-hydrogen) atoms. The van der Waals surface area contributed by atoms with Gasteiger partial charge in [0.2, 0.25) is 0 Å². The number of carbonyl (C=O) groups excluding carboxylic acids is 1. The van der Waals surface area contributed by atoms with Crippen LogP contribution in [0.15, 0.2) is 6.20 Å². The Morgan fingerprint density at radius 2 is 2.38 bits per heavy atom. The second kappa shape index (κ2) is 7.33. The number of hydrogen-bond donors (Lipinski definition) is 3. The van der Waals surface area contributed by atoms with Gasteiger partial charge in [-0.05, 0) is 18.8 Å². The molecule has 4 N–H and O–H groups in total. The van der Waals surface area contributed by atoms with E-state index in [4.69, 9.17) is 10.6 Å². The highest BCUT2D eigenvalue weighted by atomic mass is 16.5. The van der Waals surface area contributed by atoms with Gasteiger partial charge in [-0.25, -0.2) is 9.97 Å². The molecule has 0 radical (unpaired) electrons. The fourth-order valence-corrected chi connectivity index (χ4v) is 2.24. The molecule has 1 unspecified atom stereocenters. The largest absolute Gasteiger partial charge is 0.381 e. The van der Waals surface area contributed by atoms with E-state index in [1.165, 1.54) is 0 Å². The van der Waals surface area contributed by atoms with Gasteiger partial charge in [-0.2, -0.15) is 0 Å². The number of rotatable bonds is 6. The lowest BCUT2D eigenvalue weighted by Gasteiger charge is -2.12. The van der Waals surface area contributed by atoms with Crippen LogP contribution in [0.4, 0.5) is 5.69 Å². The normalized spacial score (nSPS) is 18.0. The van der Waals surface area contributed by atoms with Crippen LogP contribution in [0.3, 0.4) is 0 Å². The zero-order valence-corrected chi connectivity index (χ0v) is 12.6. The summed E-state index contributed by atoms with van der Waals surface area (Å²) in [5.41, 5.74) is 3.19. The molecule has 7 heteroatoms. The maximum Gasteiger partial charge on any atom is 0.272 e. The third-order valence-electron chi connectivity index (χ3n) is 3.56. The molecule has 0 bridgehead atoms. The zero-order chi connectivity index (χ0) is 15.2. The summed E-state index contributed by atoms with van der Waals surface area (Å²) in [5, 5.41) is 2.89. The lowest BCUT2D eigenvalue weighted by Crippen LogP contribution is -2.29. The first kappa shape index (κ1) is 15.7. The molecule has 0 aliphatic carbocycles. The molecule has 1 saturated heterocycles. The molecule has 116 valence electrons. The third kappa shape index (κ3) is 4.12. The molecule has 1 aromatic rings. The van der Waals surface area contributed by atoms with Crippen LogP contribution in [0, 0.1) is 5.92 Å². The number of nitrogen functional groups attached to an aromatic ring is 1.